The number of nitrogens with zero attached hydrogens (tertiary/aromatic N) is 1. The Morgan fingerprint density at radius 3 is 2.21 bits per heavy atom. The molecule has 0 aliphatic heterocycles. The van der Waals surface area contributed by atoms with Gasteiger partial charge in [-0.05, 0) is 56.0 Å². The predicted octanol–water partition coefficient (Wildman–Crippen LogP) is 5.44. The molecule has 1 amide bonds. The third-order valence-electron chi connectivity index (χ3n) is 4.74. The van der Waals surface area contributed by atoms with E-state index in [1.165, 1.54) is 0 Å². The number of rotatable bonds is 8. The second-order valence-electron chi connectivity index (χ2n) is 7.77. The fraction of sp³-hybridized carbons (Fsp3) is 0.458. The van der Waals surface area contributed by atoms with E-state index >= 15 is 0 Å². The first-order valence-electron chi connectivity index (χ1n) is 10.1. The molecule has 0 atom stereocenters. The third-order valence-corrected chi connectivity index (χ3v) is 4.74. The highest BCUT2D eigenvalue weighted by molar-refractivity contribution is 5.94. The fourth-order valence-electron chi connectivity index (χ4n) is 3.18. The summed E-state index contributed by atoms with van der Waals surface area (Å²) >= 11 is 0. The molecule has 152 valence electrons. The highest BCUT2D eigenvalue weighted by Crippen LogP contribution is 2.32. The lowest BCUT2D eigenvalue weighted by Crippen LogP contribution is -2.30. The lowest BCUT2D eigenvalue weighted by molar-refractivity contribution is 0.0772. The van der Waals surface area contributed by atoms with E-state index in [1.807, 2.05) is 62.1 Å². The standard InChI is InChI=1S/C24H33NO3/c1-7-25(8-2)23(26)18-14-15-21(27-9-3)19(16-18)17-28-22-13-11-10-12-20(22)24(4,5)6/h10-16H,7-9,17H2,1-6H3. The van der Waals surface area contributed by atoms with Crippen LogP contribution in [0.4, 0.5) is 0 Å². The van der Waals surface area contributed by atoms with Gasteiger partial charge in [0.05, 0.1) is 6.61 Å². The van der Waals surface area contributed by atoms with Crippen LogP contribution in [0.25, 0.3) is 0 Å². The summed E-state index contributed by atoms with van der Waals surface area (Å²) in [7, 11) is 0. The van der Waals surface area contributed by atoms with Crippen LogP contribution < -0.4 is 9.47 Å². The van der Waals surface area contributed by atoms with Gasteiger partial charge < -0.3 is 14.4 Å². The van der Waals surface area contributed by atoms with E-state index in [9.17, 15) is 4.79 Å². The Hall–Kier alpha value is -2.49. The Kier molecular flexibility index (Phi) is 7.50. The summed E-state index contributed by atoms with van der Waals surface area (Å²) in [6.07, 6.45) is 0. The lowest BCUT2D eigenvalue weighted by atomic mass is 9.86. The Balaban J connectivity index is 2.31. The van der Waals surface area contributed by atoms with E-state index in [0.717, 1.165) is 22.6 Å². The molecular weight excluding hydrogens is 350 g/mol. The van der Waals surface area contributed by atoms with Gasteiger partial charge in [0.2, 0.25) is 0 Å². The molecule has 0 aliphatic carbocycles. The normalized spacial score (nSPS) is 11.2. The molecule has 4 heteroatoms. The zero-order valence-electron chi connectivity index (χ0n) is 18.0. The van der Waals surface area contributed by atoms with E-state index < -0.39 is 0 Å². The molecule has 0 aliphatic rings. The van der Waals surface area contributed by atoms with Crippen LogP contribution in [-0.2, 0) is 12.0 Å². The van der Waals surface area contributed by atoms with Crippen LogP contribution in [0.2, 0.25) is 0 Å². The molecule has 0 bridgehead atoms. The molecule has 4 nitrogen and oxygen atoms in total. The highest BCUT2D eigenvalue weighted by Gasteiger charge is 2.19. The van der Waals surface area contributed by atoms with Crippen LogP contribution >= 0.6 is 0 Å². The summed E-state index contributed by atoms with van der Waals surface area (Å²) in [5.41, 5.74) is 2.68. The highest BCUT2D eigenvalue weighted by atomic mass is 16.5. The largest absolute Gasteiger partial charge is 0.493 e. The van der Waals surface area contributed by atoms with Gasteiger partial charge in [0, 0.05) is 24.2 Å². The van der Waals surface area contributed by atoms with E-state index in [0.29, 0.717) is 31.9 Å². The van der Waals surface area contributed by atoms with Crippen molar-refractivity contribution in [1.82, 2.24) is 4.90 Å². The molecule has 0 saturated carbocycles. The second kappa shape index (κ2) is 9.63. The van der Waals surface area contributed by atoms with Crippen LogP contribution in [-0.4, -0.2) is 30.5 Å². The maximum atomic E-state index is 12.7. The van der Waals surface area contributed by atoms with Crippen molar-refractivity contribution in [2.45, 2.75) is 53.6 Å². The molecule has 0 fully saturated rings. The molecule has 0 unspecified atom stereocenters. The minimum atomic E-state index is -0.0140. The van der Waals surface area contributed by atoms with Gasteiger partial charge in [-0.2, -0.15) is 0 Å². The molecule has 0 aromatic heterocycles. The smallest absolute Gasteiger partial charge is 0.253 e. The topological polar surface area (TPSA) is 38.8 Å². The van der Waals surface area contributed by atoms with Crippen molar-refractivity contribution in [3.8, 4) is 11.5 Å². The molecule has 0 spiro atoms. The van der Waals surface area contributed by atoms with Gasteiger partial charge in [0.1, 0.15) is 18.1 Å². The van der Waals surface area contributed by atoms with Crippen molar-refractivity contribution in [1.29, 1.82) is 0 Å². The van der Waals surface area contributed by atoms with Gasteiger partial charge in [0.25, 0.3) is 5.91 Å². The minimum Gasteiger partial charge on any atom is -0.493 e. The van der Waals surface area contributed by atoms with Crippen molar-refractivity contribution >= 4 is 5.91 Å². The zero-order valence-corrected chi connectivity index (χ0v) is 18.0. The molecule has 2 rings (SSSR count). The van der Waals surface area contributed by atoms with Gasteiger partial charge in [-0.3, -0.25) is 4.79 Å². The first-order valence-corrected chi connectivity index (χ1v) is 10.1. The number of amides is 1. The van der Waals surface area contributed by atoms with Gasteiger partial charge in [0.15, 0.2) is 0 Å². The molecule has 2 aromatic rings. The van der Waals surface area contributed by atoms with E-state index in [-0.39, 0.29) is 11.3 Å². The number of carbonyl (C=O) groups is 1. The molecule has 28 heavy (non-hydrogen) atoms. The van der Waals surface area contributed by atoms with Crippen molar-refractivity contribution in [2.75, 3.05) is 19.7 Å². The van der Waals surface area contributed by atoms with Gasteiger partial charge in [-0.25, -0.2) is 0 Å². The summed E-state index contributed by atoms with van der Waals surface area (Å²) in [5.74, 6) is 1.65. The SMILES string of the molecule is CCOc1ccc(C(=O)N(CC)CC)cc1COc1ccccc1C(C)(C)C. The number of hydrogen-bond acceptors (Lipinski definition) is 3. The van der Waals surface area contributed by atoms with E-state index in [4.69, 9.17) is 9.47 Å². The summed E-state index contributed by atoms with van der Waals surface area (Å²) in [4.78, 5) is 14.5. The van der Waals surface area contributed by atoms with Crippen LogP contribution in [0.1, 0.15) is 63.0 Å². The first kappa shape index (κ1) is 21.8. The Bertz CT molecular complexity index is 789. The number of benzene rings is 2. The average molecular weight is 384 g/mol. The first-order chi connectivity index (χ1) is 13.3. The van der Waals surface area contributed by atoms with Crippen molar-refractivity contribution < 1.29 is 14.3 Å². The quantitative estimate of drug-likeness (QED) is 0.609. The molecule has 0 heterocycles. The van der Waals surface area contributed by atoms with Crippen LogP contribution in [0.3, 0.4) is 0 Å². The number of para-hydroxylation sites is 1. The van der Waals surface area contributed by atoms with Gasteiger partial charge >= 0.3 is 0 Å². The summed E-state index contributed by atoms with van der Waals surface area (Å²) < 4.78 is 11.9. The van der Waals surface area contributed by atoms with Crippen LogP contribution in [0.15, 0.2) is 42.5 Å². The molecule has 0 N–H and O–H groups in total. The summed E-state index contributed by atoms with van der Waals surface area (Å²) in [5, 5.41) is 0. The van der Waals surface area contributed by atoms with Gasteiger partial charge in [-0.1, -0.05) is 39.0 Å². The predicted molar refractivity (Wildman–Crippen MR) is 114 cm³/mol. The molecule has 2 aromatic carbocycles. The third kappa shape index (κ3) is 5.28. The summed E-state index contributed by atoms with van der Waals surface area (Å²) in [6.45, 7) is 14.7. The van der Waals surface area contributed by atoms with Crippen LogP contribution in [0.5, 0.6) is 11.5 Å². The number of carbonyl (C=O) groups excluding carboxylic acids is 1. The lowest BCUT2D eigenvalue weighted by Gasteiger charge is -2.23. The van der Waals surface area contributed by atoms with Crippen molar-refractivity contribution in [2.24, 2.45) is 0 Å². The monoisotopic (exact) mass is 383 g/mol. The maximum Gasteiger partial charge on any atom is 0.253 e. The average Bonchev–Trinajstić information content (AvgIpc) is 2.67. The van der Waals surface area contributed by atoms with Gasteiger partial charge in [-0.15, -0.1) is 0 Å². The van der Waals surface area contributed by atoms with E-state index in [1.54, 1.807) is 0 Å². The molecule has 0 saturated heterocycles. The zero-order chi connectivity index (χ0) is 20.7. The van der Waals surface area contributed by atoms with Crippen LogP contribution in [0, 0.1) is 0 Å². The summed E-state index contributed by atoms with van der Waals surface area (Å²) in [6, 6.07) is 13.7. The second-order valence-corrected chi connectivity index (χ2v) is 7.77. The Morgan fingerprint density at radius 1 is 0.929 bits per heavy atom. The number of ether oxygens (including phenoxy) is 2. The fourth-order valence-corrected chi connectivity index (χ4v) is 3.18. The van der Waals surface area contributed by atoms with Crippen molar-refractivity contribution in [3.05, 3.63) is 59.2 Å². The Labute approximate surface area is 169 Å². The Morgan fingerprint density at radius 2 is 1.61 bits per heavy atom. The van der Waals surface area contributed by atoms with E-state index in [2.05, 4.69) is 26.8 Å². The van der Waals surface area contributed by atoms with Crippen molar-refractivity contribution in [3.63, 3.8) is 0 Å². The maximum absolute atomic E-state index is 12.7. The molecule has 0 radical (unpaired) electrons. The molecular formula is C24H33NO3. The number of hydrogen-bond donors (Lipinski definition) is 0. The minimum absolute atomic E-state index is 0.0140.